The van der Waals surface area contributed by atoms with Gasteiger partial charge >= 0.3 is 0 Å². The Labute approximate surface area is 144 Å². The number of aryl methyl sites for hydroxylation is 1. The number of anilines is 1. The standard InChI is InChI=1S/C18H19BrN2O2/c1-11-3-4-14-12(9-11)13-10-20(2)8-7-15(13)21(14)18(22)16-5-6-17(19)23-16/h3-6,9,13,15H,7-8,10H2,1-2H3/t13-,15-/m1/s1. The molecule has 1 aromatic heterocycles. The van der Waals surface area contributed by atoms with Crippen molar-refractivity contribution < 1.29 is 9.21 Å². The molecule has 1 fully saturated rings. The van der Waals surface area contributed by atoms with Gasteiger partial charge in [0, 0.05) is 24.2 Å². The zero-order valence-electron chi connectivity index (χ0n) is 13.3. The fraction of sp³-hybridized carbons (Fsp3) is 0.389. The number of rotatable bonds is 1. The lowest BCUT2D eigenvalue weighted by molar-refractivity contribution is 0.0936. The number of carbonyl (C=O) groups excluding carboxylic acids is 1. The van der Waals surface area contributed by atoms with E-state index in [0.717, 1.165) is 25.2 Å². The van der Waals surface area contributed by atoms with Crippen LogP contribution in [0.1, 0.15) is 34.0 Å². The van der Waals surface area contributed by atoms with Crippen molar-refractivity contribution in [2.45, 2.75) is 25.3 Å². The molecule has 2 atom stereocenters. The number of likely N-dealkylation sites (N-methyl/N-ethyl adjacent to an activating group) is 1. The third-order valence-electron chi connectivity index (χ3n) is 4.96. The van der Waals surface area contributed by atoms with Gasteiger partial charge in [-0.1, -0.05) is 17.7 Å². The molecule has 2 aliphatic rings. The van der Waals surface area contributed by atoms with Gasteiger partial charge in [-0.25, -0.2) is 0 Å². The summed E-state index contributed by atoms with van der Waals surface area (Å²) in [5.41, 5.74) is 3.57. The van der Waals surface area contributed by atoms with E-state index in [1.54, 1.807) is 12.1 Å². The van der Waals surface area contributed by atoms with Gasteiger partial charge in [-0.05, 0) is 66.6 Å². The van der Waals surface area contributed by atoms with Crippen molar-refractivity contribution >= 4 is 27.5 Å². The SMILES string of the molecule is Cc1ccc2c(c1)[C@H]1CN(C)CC[C@H]1N2C(=O)c1ccc(Br)o1. The Bertz CT molecular complexity index is 770. The van der Waals surface area contributed by atoms with E-state index in [-0.39, 0.29) is 11.9 Å². The highest BCUT2D eigenvalue weighted by Crippen LogP contribution is 2.45. The van der Waals surface area contributed by atoms with Crippen LogP contribution >= 0.6 is 15.9 Å². The molecule has 0 aliphatic carbocycles. The number of benzene rings is 1. The van der Waals surface area contributed by atoms with Gasteiger partial charge in [-0.15, -0.1) is 0 Å². The predicted octanol–water partition coefficient (Wildman–Crippen LogP) is 3.80. The van der Waals surface area contributed by atoms with E-state index in [1.165, 1.54) is 11.1 Å². The lowest BCUT2D eigenvalue weighted by Crippen LogP contribution is -2.47. The average Bonchev–Trinajstić information content (AvgIpc) is 3.08. The van der Waals surface area contributed by atoms with Gasteiger partial charge in [0.15, 0.2) is 10.4 Å². The molecule has 4 nitrogen and oxygen atoms in total. The highest BCUT2D eigenvalue weighted by atomic mass is 79.9. The van der Waals surface area contributed by atoms with Crippen molar-refractivity contribution in [1.29, 1.82) is 0 Å². The summed E-state index contributed by atoms with van der Waals surface area (Å²) in [6, 6.07) is 10.1. The number of piperidine rings is 1. The first-order valence-electron chi connectivity index (χ1n) is 7.92. The lowest BCUT2D eigenvalue weighted by Gasteiger charge is -2.36. The van der Waals surface area contributed by atoms with E-state index in [4.69, 9.17) is 4.42 Å². The van der Waals surface area contributed by atoms with E-state index in [2.05, 4.69) is 53.0 Å². The molecule has 1 aromatic carbocycles. The number of hydrogen-bond acceptors (Lipinski definition) is 3. The van der Waals surface area contributed by atoms with Crippen LogP contribution in [0.2, 0.25) is 0 Å². The summed E-state index contributed by atoms with van der Waals surface area (Å²) in [5.74, 6) is 0.729. The average molecular weight is 375 g/mol. The summed E-state index contributed by atoms with van der Waals surface area (Å²) < 4.78 is 6.10. The predicted molar refractivity (Wildman–Crippen MR) is 93.0 cm³/mol. The maximum Gasteiger partial charge on any atom is 0.294 e. The summed E-state index contributed by atoms with van der Waals surface area (Å²) in [4.78, 5) is 17.4. The van der Waals surface area contributed by atoms with Crippen LogP contribution in [-0.2, 0) is 0 Å². The number of hydrogen-bond donors (Lipinski definition) is 0. The number of fused-ring (bicyclic) bond motifs is 3. The minimum atomic E-state index is -0.0437. The molecular weight excluding hydrogens is 356 g/mol. The van der Waals surface area contributed by atoms with Crippen molar-refractivity contribution in [2.24, 2.45) is 0 Å². The van der Waals surface area contributed by atoms with Crippen molar-refractivity contribution in [2.75, 3.05) is 25.0 Å². The number of likely N-dealkylation sites (tertiary alicyclic amines) is 1. The van der Waals surface area contributed by atoms with Crippen LogP contribution in [0.25, 0.3) is 0 Å². The van der Waals surface area contributed by atoms with Crippen LogP contribution in [0.15, 0.2) is 39.4 Å². The van der Waals surface area contributed by atoms with Gasteiger partial charge < -0.3 is 14.2 Å². The Balaban J connectivity index is 1.78. The zero-order valence-corrected chi connectivity index (χ0v) is 14.8. The Morgan fingerprint density at radius 2 is 2.13 bits per heavy atom. The fourth-order valence-corrected chi connectivity index (χ4v) is 4.20. The van der Waals surface area contributed by atoms with Gasteiger partial charge in [-0.2, -0.15) is 0 Å². The molecule has 3 heterocycles. The van der Waals surface area contributed by atoms with Gasteiger partial charge in [0.1, 0.15) is 0 Å². The van der Waals surface area contributed by atoms with Gasteiger partial charge in [0.2, 0.25) is 0 Å². The fourth-order valence-electron chi connectivity index (χ4n) is 3.89. The first-order chi connectivity index (χ1) is 11.0. The van der Waals surface area contributed by atoms with Crippen LogP contribution in [0.3, 0.4) is 0 Å². The third-order valence-corrected chi connectivity index (χ3v) is 5.38. The van der Waals surface area contributed by atoms with Crippen LogP contribution in [0.5, 0.6) is 0 Å². The second-order valence-electron chi connectivity index (χ2n) is 6.57. The van der Waals surface area contributed by atoms with Crippen molar-refractivity contribution in [3.63, 3.8) is 0 Å². The molecule has 1 amide bonds. The molecule has 1 saturated heterocycles. The Kier molecular flexibility index (Phi) is 3.58. The summed E-state index contributed by atoms with van der Waals surface area (Å²) in [5, 5.41) is 0. The molecule has 0 spiro atoms. The molecule has 2 aliphatic heterocycles. The zero-order chi connectivity index (χ0) is 16.1. The molecule has 0 unspecified atom stereocenters. The number of furan rings is 1. The van der Waals surface area contributed by atoms with Crippen molar-refractivity contribution in [3.05, 3.63) is 51.9 Å². The van der Waals surface area contributed by atoms with Gasteiger partial charge in [-0.3, -0.25) is 4.79 Å². The number of halogens is 1. The molecule has 23 heavy (non-hydrogen) atoms. The largest absolute Gasteiger partial charge is 0.444 e. The molecule has 0 N–H and O–H groups in total. The Morgan fingerprint density at radius 1 is 1.30 bits per heavy atom. The topological polar surface area (TPSA) is 36.7 Å². The number of carbonyl (C=O) groups is 1. The number of amides is 1. The highest BCUT2D eigenvalue weighted by Gasteiger charge is 2.44. The molecule has 120 valence electrons. The van der Waals surface area contributed by atoms with E-state index >= 15 is 0 Å². The van der Waals surface area contributed by atoms with Crippen LogP contribution < -0.4 is 4.90 Å². The van der Waals surface area contributed by atoms with Gasteiger partial charge in [0.25, 0.3) is 5.91 Å². The molecule has 0 saturated carbocycles. The number of nitrogens with zero attached hydrogens (tertiary/aromatic N) is 2. The molecule has 0 bridgehead atoms. The summed E-state index contributed by atoms with van der Waals surface area (Å²) in [6.45, 7) is 4.11. The van der Waals surface area contributed by atoms with Crippen LogP contribution in [0, 0.1) is 6.92 Å². The summed E-state index contributed by atoms with van der Waals surface area (Å²) in [6.07, 6.45) is 0.989. The summed E-state index contributed by atoms with van der Waals surface area (Å²) >= 11 is 3.28. The first-order valence-corrected chi connectivity index (χ1v) is 8.72. The maximum atomic E-state index is 13.0. The molecule has 4 rings (SSSR count). The van der Waals surface area contributed by atoms with E-state index < -0.39 is 0 Å². The monoisotopic (exact) mass is 374 g/mol. The Morgan fingerprint density at radius 3 is 2.87 bits per heavy atom. The highest BCUT2D eigenvalue weighted by molar-refractivity contribution is 9.10. The Hall–Kier alpha value is -1.59. The second-order valence-corrected chi connectivity index (χ2v) is 7.35. The van der Waals surface area contributed by atoms with E-state index in [9.17, 15) is 4.79 Å². The quantitative estimate of drug-likeness (QED) is 0.761. The molecule has 2 aromatic rings. The molecular formula is C18H19BrN2O2. The lowest BCUT2D eigenvalue weighted by atomic mass is 9.89. The van der Waals surface area contributed by atoms with Crippen LogP contribution in [-0.4, -0.2) is 37.0 Å². The minimum absolute atomic E-state index is 0.0437. The maximum absolute atomic E-state index is 13.0. The van der Waals surface area contributed by atoms with Crippen molar-refractivity contribution in [3.8, 4) is 0 Å². The third kappa shape index (κ3) is 2.42. The van der Waals surface area contributed by atoms with Crippen LogP contribution in [0.4, 0.5) is 5.69 Å². The van der Waals surface area contributed by atoms with E-state index in [1.807, 2.05) is 4.90 Å². The first kappa shape index (κ1) is 15.0. The smallest absolute Gasteiger partial charge is 0.294 e. The molecule has 5 heteroatoms. The summed E-state index contributed by atoms with van der Waals surface area (Å²) in [7, 11) is 2.15. The second kappa shape index (κ2) is 5.49. The minimum Gasteiger partial charge on any atom is -0.444 e. The van der Waals surface area contributed by atoms with E-state index in [0.29, 0.717) is 16.3 Å². The van der Waals surface area contributed by atoms with Gasteiger partial charge in [0.05, 0.1) is 0 Å². The van der Waals surface area contributed by atoms with Crippen molar-refractivity contribution in [1.82, 2.24) is 4.90 Å². The molecule has 0 radical (unpaired) electrons. The normalized spacial score (nSPS) is 23.7.